The second-order valence-corrected chi connectivity index (χ2v) is 8.82. The van der Waals surface area contributed by atoms with Crippen molar-refractivity contribution in [2.24, 2.45) is 22.7 Å². The number of carboxylic acid groups (broad SMARTS) is 1. The molecule has 1 saturated carbocycles. The van der Waals surface area contributed by atoms with Gasteiger partial charge in [-0.25, -0.2) is 4.79 Å². The lowest BCUT2D eigenvalue weighted by Crippen LogP contribution is -2.53. The van der Waals surface area contributed by atoms with Gasteiger partial charge in [-0.15, -0.1) is 0 Å². The maximum absolute atomic E-state index is 12.1. The van der Waals surface area contributed by atoms with Crippen LogP contribution in [0.4, 0.5) is 0 Å². The van der Waals surface area contributed by atoms with Gasteiger partial charge in [0.05, 0.1) is 12.5 Å². The Morgan fingerprint density at radius 1 is 1.37 bits per heavy atom. The predicted molar refractivity (Wildman–Crippen MR) is 101 cm³/mol. The number of fused-ring (bicyclic) bond motifs is 1. The van der Waals surface area contributed by atoms with Crippen molar-refractivity contribution in [3.05, 3.63) is 35.8 Å². The van der Waals surface area contributed by atoms with Gasteiger partial charge in [-0.2, -0.15) is 0 Å². The van der Waals surface area contributed by atoms with Gasteiger partial charge in [-0.1, -0.05) is 20.8 Å². The molecule has 0 aliphatic heterocycles. The molecule has 1 fully saturated rings. The maximum atomic E-state index is 12.1. The Balaban J connectivity index is 1.96. The molecule has 5 atom stereocenters. The molecular formula is C22H30O5. The molecule has 0 spiro atoms. The normalized spacial score (nSPS) is 35.9. The largest absolute Gasteiger partial charge is 0.478 e. The minimum absolute atomic E-state index is 0.0440. The monoisotopic (exact) mass is 374 g/mol. The Kier molecular flexibility index (Phi) is 5.24. The van der Waals surface area contributed by atoms with Crippen LogP contribution in [0.3, 0.4) is 0 Å². The SMILES string of the molecule is CC(=O)OC1C=C(C(=O)O)C2(C)CCC(C)C(C)(CCc3ccoc3)C2C1. The maximum Gasteiger partial charge on any atom is 0.331 e. The van der Waals surface area contributed by atoms with Crippen LogP contribution in [-0.2, 0) is 20.7 Å². The number of ether oxygens (including phenoxy) is 1. The highest BCUT2D eigenvalue weighted by Gasteiger charge is 2.56. The molecule has 0 amide bonds. The van der Waals surface area contributed by atoms with E-state index in [4.69, 9.17) is 9.15 Å². The van der Waals surface area contributed by atoms with Crippen molar-refractivity contribution in [3.8, 4) is 0 Å². The number of carbonyl (C=O) groups is 2. The summed E-state index contributed by atoms with van der Waals surface area (Å²) in [6.07, 6.45) is 9.05. The zero-order chi connectivity index (χ0) is 19.8. The van der Waals surface area contributed by atoms with Crippen LogP contribution in [-0.4, -0.2) is 23.1 Å². The van der Waals surface area contributed by atoms with E-state index < -0.39 is 17.5 Å². The van der Waals surface area contributed by atoms with Crippen molar-refractivity contribution in [1.29, 1.82) is 0 Å². The first-order valence-electron chi connectivity index (χ1n) is 9.80. The van der Waals surface area contributed by atoms with Crippen LogP contribution < -0.4 is 0 Å². The summed E-state index contributed by atoms with van der Waals surface area (Å²) in [7, 11) is 0. The van der Waals surface area contributed by atoms with Crippen LogP contribution in [0.1, 0.15) is 58.9 Å². The third-order valence-corrected chi connectivity index (χ3v) is 7.30. The lowest BCUT2D eigenvalue weighted by molar-refractivity contribution is -0.151. The number of aliphatic carboxylic acids is 1. The van der Waals surface area contributed by atoms with Crippen LogP contribution in [0.25, 0.3) is 0 Å². The van der Waals surface area contributed by atoms with E-state index >= 15 is 0 Å². The quantitative estimate of drug-likeness (QED) is 0.761. The van der Waals surface area contributed by atoms with Crippen molar-refractivity contribution in [2.45, 2.75) is 65.9 Å². The zero-order valence-corrected chi connectivity index (χ0v) is 16.7. The predicted octanol–water partition coefficient (Wildman–Crippen LogP) is 4.62. The summed E-state index contributed by atoms with van der Waals surface area (Å²) in [5.74, 6) is -0.658. The highest BCUT2D eigenvalue weighted by molar-refractivity contribution is 5.88. The van der Waals surface area contributed by atoms with Gasteiger partial charge in [-0.3, -0.25) is 4.79 Å². The lowest BCUT2D eigenvalue weighted by atomic mass is 9.46. The number of rotatable bonds is 5. The van der Waals surface area contributed by atoms with Gasteiger partial charge in [0, 0.05) is 17.9 Å². The molecule has 2 aliphatic carbocycles. The third kappa shape index (κ3) is 3.56. The van der Waals surface area contributed by atoms with Gasteiger partial charge in [-0.05, 0) is 67.1 Å². The van der Waals surface area contributed by atoms with E-state index in [2.05, 4.69) is 20.8 Å². The average molecular weight is 374 g/mol. The molecule has 27 heavy (non-hydrogen) atoms. The lowest BCUT2D eigenvalue weighted by Gasteiger charge is -2.58. The molecule has 0 aromatic carbocycles. The Hall–Kier alpha value is -2.04. The molecule has 5 unspecified atom stereocenters. The molecule has 5 heteroatoms. The van der Waals surface area contributed by atoms with Gasteiger partial charge >= 0.3 is 11.9 Å². The molecule has 0 bridgehead atoms. The minimum Gasteiger partial charge on any atom is -0.478 e. The summed E-state index contributed by atoms with van der Waals surface area (Å²) >= 11 is 0. The Bertz CT molecular complexity index is 734. The van der Waals surface area contributed by atoms with Crippen LogP contribution in [0.15, 0.2) is 34.7 Å². The fraction of sp³-hybridized carbons (Fsp3) is 0.636. The fourth-order valence-electron chi connectivity index (χ4n) is 5.50. The Labute approximate surface area is 160 Å². The average Bonchev–Trinajstić information content (AvgIpc) is 3.11. The van der Waals surface area contributed by atoms with E-state index in [1.807, 2.05) is 6.07 Å². The van der Waals surface area contributed by atoms with E-state index in [-0.39, 0.29) is 17.3 Å². The second-order valence-electron chi connectivity index (χ2n) is 8.82. The number of furan rings is 1. The van der Waals surface area contributed by atoms with E-state index in [1.165, 1.54) is 6.92 Å². The minimum atomic E-state index is -0.897. The number of hydrogen-bond acceptors (Lipinski definition) is 4. The molecule has 1 aromatic heterocycles. The highest BCUT2D eigenvalue weighted by Crippen LogP contribution is 2.62. The van der Waals surface area contributed by atoms with E-state index in [9.17, 15) is 14.7 Å². The van der Waals surface area contributed by atoms with Crippen LogP contribution in [0.5, 0.6) is 0 Å². The summed E-state index contributed by atoms with van der Waals surface area (Å²) in [6.45, 7) is 8.03. The molecular weight excluding hydrogens is 344 g/mol. The number of hydrogen-bond donors (Lipinski definition) is 1. The fourth-order valence-corrected chi connectivity index (χ4v) is 5.50. The summed E-state index contributed by atoms with van der Waals surface area (Å²) < 4.78 is 10.7. The zero-order valence-electron chi connectivity index (χ0n) is 16.7. The first kappa shape index (κ1) is 19.7. The van der Waals surface area contributed by atoms with Crippen LogP contribution >= 0.6 is 0 Å². The molecule has 0 radical (unpaired) electrons. The van der Waals surface area contributed by atoms with Crippen molar-refractivity contribution in [3.63, 3.8) is 0 Å². The Morgan fingerprint density at radius 3 is 2.70 bits per heavy atom. The van der Waals surface area contributed by atoms with Gasteiger partial charge < -0.3 is 14.3 Å². The standard InChI is InChI=1S/C22H30O5/c1-14-5-8-22(4)18(20(24)25)11-17(27-15(2)23)12-19(22)21(14,3)9-6-16-7-10-26-13-16/h7,10-11,13-14,17,19H,5-6,8-9,12H2,1-4H3,(H,24,25). The van der Waals surface area contributed by atoms with Crippen molar-refractivity contribution < 1.29 is 23.8 Å². The number of aryl methyl sites for hydroxylation is 1. The highest BCUT2D eigenvalue weighted by atomic mass is 16.5. The molecule has 2 aliphatic rings. The van der Waals surface area contributed by atoms with Crippen molar-refractivity contribution in [1.82, 2.24) is 0 Å². The van der Waals surface area contributed by atoms with Crippen LogP contribution in [0, 0.1) is 22.7 Å². The molecule has 3 rings (SSSR count). The third-order valence-electron chi connectivity index (χ3n) is 7.30. The molecule has 1 heterocycles. The number of carboxylic acids is 1. The number of carbonyl (C=O) groups excluding carboxylic acids is 1. The van der Waals surface area contributed by atoms with E-state index in [0.717, 1.165) is 31.2 Å². The molecule has 1 N–H and O–H groups in total. The van der Waals surface area contributed by atoms with Gasteiger partial charge in [0.25, 0.3) is 0 Å². The first-order valence-corrected chi connectivity index (χ1v) is 9.80. The van der Waals surface area contributed by atoms with Crippen molar-refractivity contribution >= 4 is 11.9 Å². The first-order chi connectivity index (χ1) is 12.7. The molecule has 1 aromatic rings. The van der Waals surface area contributed by atoms with E-state index in [1.54, 1.807) is 18.6 Å². The molecule has 148 valence electrons. The smallest absolute Gasteiger partial charge is 0.331 e. The van der Waals surface area contributed by atoms with Crippen molar-refractivity contribution in [2.75, 3.05) is 0 Å². The Morgan fingerprint density at radius 2 is 2.11 bits per heavy atom. The van der Waals surface area contributed by atoms with Crippen LogP contribution in [0.2, 0.25) is 0 Å². The summed E-state index contributed by atoms with van der Waals surface area (Å²) in [5.41, 5.74) is 1.13. The van der Waals surface area contributed by atoms with Gasteiger partial charge in [0.15, 0.2) is 0 Å². The van der Waals surface area contributed by atoms with E-state index in [0.29, 0.717) is 17.9 Å². The summed E-state index contributed by atoms with van der Waals surface area (Å²) in [4.78, 5) is 23.6. The summed E-state index contributed by atoms with van der Waals surface area (Å²) in [5, 5.41) is 9.89. The summed E-state index contributed by atoms with van der Waals surface area (Å²) in [6, 6.07) is 1.99. The molecule has 5 nitrogen and oxygen atoms in total. The second kappa shape index (κ2) is 7.17. The van der Waals surface area contributed by atoms with Gasteiger partial charge in [0.2, 0.25) is 0 Å². The number of esters is 1. The van der Waals surface area contributed by atoms with Gasteiger partial charge in [0.1, 0.15) is 6.10 Å². The topological polar surface area (TPSA) is 76.7 Å². The molecule has 0 saturated heterocycles.